The van der Waals surface area contributed by atoms with Crippen LogP contribution < -0.4 is 20.1 Å². The highest BCUT2D eigenvalue weighted by atomic mass is 19.3. The van der Waals surface area contributed by atoms with Crippen molar-refractivity contribution in [2.75, 3.05) is 20.2 Å². The zero-order chi connectivity index (χ0) is 21.4. The zero-order valence-electron chi connectivity index (χ0n) is 15.3. The van der Waals surface area contributed by atoms with Crippen LogP contribution in [-0.4, -0.2) is 38.6 Å². The molecule has 0 aromatic heterocycles. The zero-order valence-corrected chi connectivity index (χ0v) is 15.3. The van der Waals surface area contributed by atoms with Crippen LogP contribution in [0.15, 0.2) is 36.4 Å². The maximum Gasteiger partial charge on any atom is 0.387 e. The molecule has 0 fully saturated rings. The van der Waals surface area contributed by atoms with Crippen LogP contribution in [0.2, 0.25) is 0 Å². The van der Waals surface area contributed by atoms with Gasteiger partial charge in [0, 0.05) is 18.2 Å². The van der Waals surface area contributed by atoms with Crippen molar-refractivity contribution in [1.82, 2.24) is 10.6 Å². The molecule has 0 spiro atoms. The first-order chi connectivity index (χ1) is 13.8. The maximum absolute atomic E-state index is 13.1. The van der Waals surface area contributed by atoms with E-state index < -0.39 is 30.1 Å². The van der Waals surface area contributed by atoms with Gasteiger partial charge in [0.1, 0.15) is 11.6 Å². The van der Waals surface area contributed by atoms with Gasteiger partial charge in [0.25, 0.3) is 5.91 Å². The Morgan fingerprint density at radius 1 is 1.00 bits per heavy atom. The molecule has 29 heavy (non-hydrogen) atoms. The third-order valence-corrected chi connectivity index (χ3v) is 3.71. The fraction of sp³-hybridized carbons (Fsp3) is 0.263. The summed E-state index contributed by atoms with van der Waals surface area (Å²) in [6.45, 7) is -3.28. The Hall–Kier alpha value is -3.30. The number of hydrogen-bond donors (Lipinski definition) is 2. The molecule has 0 heterocycles. The number of nitrogens with one attached hydrogen (secondary N) is 2. The summed E-state index contributed by atoms with van der Waals surface area (Å²) >= 11 is 0. The third-order valence-electron chi connectivity index (χ3n) is 3.71. The molecule has 0 unspecified atom stereocenters. The van der Waals surface area contributed by atoms with Crippen LogP contribution in [0.25, 0.3) is 0 Å². The number of ether oxygens (including phenoxy) is 2. The first kappa shape index (κ1) is 22.0. The molecule has 2 aromatic carbocycles. The summed E-state index contributed by atoms with van der Waals surface area (Å²) in [6.07, 6.45) is 0.206. The summed E-state index contributed by atoms with van der Waals surface area (Å²) in [4.78, 5) is 23.9. The Kier molecular flexibility index (Phi) is 7.81. The van der Waals surface area contributed by atoms with Crippen molar-refractivity contribution in [3.05, 3.63) is 59.2 Å². The van der Waals surface area contributed by atoms with E-state index in [0.717, 1.165) is 24.3 Å². The topological polar surface area (TPSA) is 76.7 Å². The molecule has 2 rings (SSSR count). The van der Waals surface area contributed by atoms with Gasteiger partial charge in [-0.25, -0.2) is 8.78 Å². The number of carbonyl (C=O) groups excluding carboxylic acids is 2. The van der Waals surface area contributed by atoms with Gasteiger partial charge in [0.15, 0.2) is 11.5 Å². The number of rotatable bonds is 9. The number of hydrogen-bond acceptors (Lipinski definition) is 4. The molecule has 2 N–H and O–H groups in total. The summed E-state index contributed by atoms with van der Waals surface area (Å²) in [5, 5.41) is 4.87. The Labute approximate surface area is 163 Å². The number of carbonyl (C=O) groups is 2. The minimum absolute atomic E-state index is 0.0651. The van der Waals surface area contributed by atoms with Crippen molar-refractivity contribution >= 4 is 11.8 Å². The SMILES string of the molecule is COc1cc(C(=O)NCC(=O)NCCc2cc(F)cc(F)c2)ccc1OC(F)F. The molecule has 0 aliphatic heterocycles. The fourth-order valence-corrected chi connectivity index (χ4v) is 2.43. The summed E-state index contributed by atoms with van der Waals surface area (Å²) in [5.74, 6) is -2.86. The van der Waals surface area contributed by atoms with E-state index in [1.807, 2.05) is 0 Å². The highest BCUT2D eigenvalue weighted by Gasteiger charge is 2.15. The average Bonchev–Trinajstić information content (AvgIpc) is 2.65. The van der Waals surface area contributed by atoms with Gasteiger partial charge < -0.3 is 20.1 Å². The van der Waals surface area contributed by atoms with E-state index in [0.29, 0.717) is 5.56 Å². The third kappa shape index (κ3) is 6.98. The van der Waals surface area contributed by atoms with Gasteiger partial charge in [-0.3, -0.25) is 9.59 Å². The average molecular weight is 414 g/mol. The van der Waals surface area contributed by atoms with Crippen LogP contribution in [0.5, 0.6) is 11.5 Å². The molecular formula is C19H18F4N2O4. The number of halogens is 4. The van der Waals surface area contributed by atoms with Crippen LogP contribution in [0.3, 0.4) is 0 Å². The molecule has 6 nitrogen and oxygen atoms in total. The predicted octanol–water partition coefficient (Wildman–Crippen LogP) is 2.66. The van der Waals surface area contributed by atoms with Crippen molar-refractivity contribution in [3.63, 3.8) is 0 Å². The number of alkyl halides is 2. The molecule has 10 heteroatoms. The smallest absolute Gasteiger partial charge is 0.387 e. The quantitative estimate of drug-likeness (QED) is 0.619. The first-order valence-corrected chi connectivity index (χ1v) is 8.41. The van der Waals surface area contributed by atoms with E-state index in [4.69, 9.17) is 4.74 Å². The maximum atomic E-state index is 13.1. The van der Waals surface area contributed by atoms with Crippen LogP contribution in [0.4, 0.5) is 17.6 Å². The molecule has 0 saturated heterocycles. The molecule has 0 saturated carbocycles. The van der Waals surface area contributed by atoms with Crippen LogP contribution in [0, 0.1) is 11.6 Å². The van der Waals surface area contributed by atoms with E-state index in [2.05, 4.69) is 15.4 Å². The number of methoxy groups -OCH3 is 1. The minimum Gasteiger partial charge on any atom is -0.493 e. The molecule has 0 atom stereocenters. The minimum atomic E-state index is -3.05. The largest absolute Gasteiger partial charge is 0.493 e. The molecule has 0 aliphatic carbocycles. The molecular weight excluding hydrogens is 396 g/mol. The van der Waals surface area contributed by atoms with E-state index in [9.17, 15) is 27.2 Å². The van der Waals surface area contributed by atoms with Crippen LogP contribution in [0.1, 0.15) is 15.9 Å². The van der Waals surface area contributed by atoms with Gasteiger partial charge in [0.2, 0.25) is 5.91 Å². The standard InChI is InChI=1S/C19H18F4N2O4/c1-28-16-8-12(2-3-15(16)29-19(22)23)18(27)25-10-17(26)24-5-4-11-6-13(20)9-14(21)7-11/h2-3,6-9,19H,4-5,10H2,1H3,(H,24,26)(H,25,27). The first-order valence-electron chi connectivity index (χ1n) is 8.41. The molecule has 156 valence electrons. The van der Waals surface area contributed by atoms with Crippen molar-refractivity contribution in [1.29, 1.82) is 0 Å². The number of benzene rings is 2. The van der Waals surface area contributed by atoms with Gasteiger partial charge in [-0.2, -0.15) is 8.78 Å². The van der Waals surface area contributed by atoms with E-state index in [1.54, 1.807) is 0 Å². The Balaban J connectivity index is 1.82. The second kappa shape index (κ2) is 10.3. The van der Waals surface area contributed by atoms with Gasteiger partial charge in [0.05, 0.1) is 13.7 Å². The summed E-state index contributed by atoms with van der Waals surface area (Å²) in [5.41, 5.74) is 0.455. The van der Waals surface area contributed by atoms with Gasteiger partial charge in [-0.1, -0.05) is 0 Å². The van der Waals surface area contributed by atoms with Crippen molar-refractivity contribution in [2.24, 2.45) is 0 Å². The van der Waals surface area contributed by atoms with Gasteiger partial charge >= 0.3 is 6.61 Å². The van der Waals surface area contributed by atoms with E-state index >= 15 is 0 Å². The second-order valence-corrected chi connectivity index (χ2v) is 5.80. The van der Waals surface area contributed by atoms with E-state index in [-0.39, 0.29) is 36.6 Å². The van der Waals surface area contributed by atoms with Crippen LogP contribution >= 0.6 is 0 Å². The van der Waals surface area contributed by atoms with Crippen molar-refractivity contribution in [3.8, 4) is 11.5 Å². The molecule has 2 amide bonds. The highest BCUT2D eigenvalue weighted by Crippen LogP contribution is 2.29. The fourth-order valence-electron chi connectivity index (χ4n) is 2.43. The Morgan fingerprint density at radius 2 is 1.69 bits per heavy atom. The lowest BCUT2D eigenvalue weighted by atomic mass is 10.1. The molecule has 0 aliphatic rings. The lowest BCUT2D eigenvalue weighted by Gasteiger charge is -2.11. The van der Waals surface area contributed by atoms with Crippen molar-refractivity contribution in [2.45, 2.75) is 13.0 Å². The normalized spacial score (nSPS) is 10.6. The molecule has 0 radical (unpaired) electrons. The van der Waals surface area contributed by atoms with Gasteiger partial charge in [-0.05, 0) is 42.3 Å². The lowest BCUT2D eigenvalue weighted by molar-refractivity contribution is -0.120. The lowest BCUT2D eigenvalue weighted by Crippen LogP contribution is -2.37. The summed E-state index contributed by atoms with van der Waals surface area (Å²) < 4.78 is 60.0. The van der Waals surface area contributed by atoms with Gasteiger partial charge in [-0.15, -0.1) is 0 Å². The second-order valence-electron chi connectivity index (χ2n) is 5.80. The monoisotopic (exact) mass is 414 g/mol. The summed E-state index contributed by atoms with van der Waals surface area (Å²) in [6, 6.07) is 6.66. The molecule has 2 aromatic rings. The molecule has 0 bridgehead atoms. The predicted molar refractivity (Wildman–Crippen MR) is 95.0 cm³/mol. The Bertz CT molecular complexity index is 857. The van der Waals surface area contributed by atoms with Crippen LogP contribution in [-0.2, 0) is 11.2 Å². The van der Waals surface area contributed by atoms with E-state index in [1.165, 1.54) is 19.2 Å². The Morgan fingerprint density at radius 3 is 2.31 bits per heavy atom. The summed E-state index contributed by atoms with van der Waals surface area (Å²) in [7, 11) is 1.23. The number of amides is 2. The van der Waals surface area contributed by atoms with Crippen molar-refractivity contribution < 1.29 is 36.6 Å². The highest BCUT2D eigenvalue weighted by molar-refractivity contribution is 5.97.